The van der Waals surface area contributed by atoms with Gasteiger partial charge in [0.1, 0.15) is 5.75 Å². The van der Waals surface area contributed by atoms with Crippen LogP contribution in [0.3, 0.4) is 0 Å². The number of amides is 2. The lowest BCUT2D eigenvalue weighted by Crippen LogP contribution is -2.41. The molecule has 2 aromatic carbocycles. The van der Waals surface area contributed by atoms with Gasteiger partial charge >= 0.3 is 0 Å². The van der Waals surface area contributed by atoms with Crippen molar-refractivity contribution in [3.8, 4) is 5.75 Å². The Morgan fingerprint density at radius 1 is 0.780 bits per heavy atom. The highest BCUT2D eigenvalue weighted by molar-refractivity contribution is 9.10. The zero-order chi connectivity index (χ0) is 29.1. The summed E-state index contributed by atoms with van der Waals surface area (Å²) in [6.45, 7) is 3.49. The van der Waals surface area contributed by atoms with E-state index in [0.29, 0.717) is 24.6 Å². The topological polar surface area (TPSA) is 58.6 Å². The summed E-state index contributed by atoms with van der Waals surface area (Å²) < 4.78 is 6.02. The van der Waals surface area contributed by atoms with Gasteiger partial charge in [-0.3, -0.25) is 9.59 Å². The van der Waals surface area contributed by atoms with Gasteiger partial charge < -0.3 is 15.0 Å². The van der Waals surface area contributed by atoms with Crippen LogP contribution in [0.1, 0.15) is 115 Å². The van der Waals surface area contributed by atoms with E-state index in [1.54, 1.807) is 4.90 Å². The second-order valence-corrected chi connectivity index (χ2v) is 12.3. The minimum Gasteiger partial charge on any atom is -0.491 e. The second-order valence-electron chi connectivity index (χ2n) is 11.4. The van der Waals surface area contributed by atoms with Gasteiger partial charge in [0.2, 0.25) is 11.8 Å². The van der Waals surface area contributed by atoms with Crippen molar-refractivity contribution in [2.24, 2.45) is 0 Å². The Morgan fingerprint density at radius 3 is 1.95 bits per heavy atom. The summed E-state index contributed by atoms with van der Waals surface area (Å²) >= 11 is 3.34. The van der Waals surface area contributed by atoms with Gasteiger partial charge in [0.15, 0.2) is 4.83 Å². The number of benzene rings is 2. The molecule has 1 atom stereocenters. The molecule has 1 unspecified atom stereocenters. The highest BCUT2D eigenvalue weighted by atomic mass is 79.9. The fourth-order valence-electron chi connectivity index (χ4n) is 5.54. The lowest BCUT2D eigenvalue weighted by atomic mass is 10.0. The molecule has 5 nitrogen and oxygen atoms in total. The van der Waals surface area contributed by atoms with E-state index in [-0.39, 0.29) is 5.91 Å². The molecular weight excluding hydrogens is 576 g/mol. The van der Waals surface area contributed by atoms with Crippen LogP contribution in [-0.4, -0.2) is 29.8 Å². The third-order valence-electron chi connectivity index (χ3n) is 8.00. The average molecular weight is 628 g/mol. The predicted molar refractivity (Wildman–Crippen MR) is 175 cm³/mol. The number of carbonyl (C=O) groups excluding carboxylic acids is 2. The van der Waals surface area contributed by atoms with Gasteiger partial charge in [-0.25, -0.2) is 0 Å². The highest BCUT2D eigenvalue weighted by Gasteiger charge is 2.33. The first-order valence-corrected chi connectivity index (χ1v) is 17.1. The van der Waals surface area contributed by atoms with Crippen LogP contribution in [0.2, 0.25) is 0 Å². The number of fused-ring (bicyclic) bond motifs is 1. The lowest BCUT2D eigenvalue weighted by Gasteiger charge is -2.21. The van der Waals surface area contributed by atoms with Crippen molar-refractivity contribution in [2.75, 3.05) is 23.4 Å². The second kappa shape index (κ2) is 19.7. The van der Waals surface area contributed by atoms with E-state index in [1.165, 1.54) is 89.9 Å². The molecule has 1 N–H and O–H groups in total. The van der Waals surface area contributed by atoms with Crippen molar-refractivity contribution in [3.05, 3.63) is 54.1 Å². The first kappa shape index (κ1) is 33.2. The number of hydrogen-bond acceptors (Lipinski definition) is 3. The summed E-state index contributed by atoms with van der Waals surface area (Å²) in [5.41, 5.74) is 2.61. The van der Waals surface area contributed by atoms with E-state index in [2.05, 4.69) is 28.2 Å². The van der Waals surface area contributed by atoms with Crippen LogP contribution in [-0.2, 0) is 16.0 Å². The Morgan fingerprint density at radius 2 is 1.32 bits per heavy atom. The number of alkyl halides is 1. The number of halogens is 1. The van der Waals surface area contributed by atoms with E-state index in [4.69, 9.17) is 4.74 Å². The molecule has 1 heterocycles. The number of hydrogen-bond donors (Lipinski definition) is 1. The Hall–Kier alpha value is -2.34. The van der Waals surface area contributed by atoms with Gasteiger partial charge in [-0.05, 0) is 36.6 Å². The van der Waals surface area contributed by atoms with Gasteiger partial charge in [0.05, 0.1) is 12.3 Å². The fraction of sp³-hybridized carbons (Fsp3) is 0.600. The normalized spacial score (nSPS) is 13.2. The van der Waals surface area contributed by atoms with Crippen molar-refractivity contribution in [1.29, 1.82) is 0 Å². The van der Waals surface area contributed by atoms with Crippen LogP contribution >= 0.6 is 15.9 Å². The van der Waals surface area contributed by atoms with E-state index < -0.39 is 10.7 Å². The summed E-state index contributed by atoms with van der Waals surface area (Å²) in [7, 11) is 0. The monoisotopic (exact) mass is 626 g/mol. The number of unbranched alkanes of at least 4 members (excludes halogenated alkanes) is 15. The van der Waals surface area contributed by atoms with Crippen LogP contribution in [0.15, 0.2) is 48.5 Å². The Kier molecular flexibility index (Phi) is 16.0. The first-order valence-electron chi connectivity index (χ1n) is 16.2. The van der Waals surface area contributed by atoms with Crippen molar-refractivity contribution in [2.45, 2.75) is 121 Å². The Bertz CT molecular complexity index is 1040. The SMILES string of the molecule is CCCCCCCCCCCCCCCCCCOc1ccccc1NC(=O)C(Br)C(=O)N1CCc2ccccc21. The minimum absolute atomic E-state index is 0.251. The standard InChI is InChI=1S/C35H51BrN2O3/c1-2-3-4-5-6-7-8-9-10-11-12-13-14-15-16-21-28-41-32-25-20-18-23-30(32)37-34(39)33(36)35(40)38-27-26-29-22-17-19-24-31(29)38/h17-20,22-25,33H,2-16,21,26-28H2,1H3,(H,37,39). The van der Waals surface area contributed by atoms with Gasteiger partial charge in [-0.2, -0.15) is 0 Å². The molecule has 3 rings (SSSR count). The number of anilines is 2. The molecule has 0 saturated heterocycles. The third kappa shape index (κ3) is 11.8. The van der Waals surface area contributed by atoms with Crippen LogP contribution in [0, 0.1) is 0 Å². The number of nitrogens with one attached hydrogen (secondary N) is 1. The Labute approximate surface area is 256 Å². The van der Waals surface area contributed by atoms with Crippen molar-refractivity contribution in [1.82, 2.24) is 0 Å². The van der Waals surface area contributed by atoms with E-state index >= 15 is 0 Å². The fourth-order valence-corrected chi connectivity index (χ4v) is 5.90. The molecule has 0 saturated carbocycles. The van der Waals surface area contributed by atoms with E-state index in [9.17, 15) is 9.59 Å². The van der Waals surface area contributed by atoms with Crippen molar-refractivity contribution < 1.29 is 14.3 Å². The van der Waals surface area contributed by atoms with Gasteiger partial charge in [0, 0.05) is 12.2 Å². The Balaban J connectivity index is 1.24. The number of nitrogens with zero attached hydrogens (tertiary/aromatic N) is 1. The maximum Gasteiger partial charge on any atom is 0.250 e. The number of para-hydroxylation sites is 3. The summed E-state index contributed by atoms with van der Waals surface area (Å²) in [5, 5.41) is 2.89. The molecule has 0 bridgehead atoms. The average Bonchev–Trinajstić information content (AvgIpc) is 3.43. The molecule has 1 aliphatic heterocycles. The molecular formula is C35H51BrN2O3. The molecule has 0 spiro atoms. The molecule has 226 valence electrons. The smallest absolute Gasteiger partial charge is 0.250 e. The van der Waals surface area contributed by atoms with Crippen LogP contribution in [0.5, 0.6) is 5.75 Å². The molecule has 2 aromatic rings. The molecule has 2 amide bonds. The zero-order valence-corrected chi connectivity index (χ0v) is 26.8. The zero-order valence-electron chi connectivity index (χ0n) is 25.2. The highest BCUT2D eigenvalue weighted by Crippen LogP contribution is 2.30. The van der Waals surface area contributed by atoms with Crippen molar-refractivity contribution in [3.63, 3.8) is 0 Å². The molecule has 41 heavy (non-hydrogen) atoms. The number of ether oxygens (including phenoxy) is 1. The lowest BCUT2D eigenvalue weighted by molar-refractivity contribution is -0.124. The van der Waals surface area contributed by atoms with E-state index in [1.807, 2.05) is 48.5 Å². The quantitative estimate of drug-likeness (QED) is 0.0852. The largest absolute Gasteiger partial charge is 0.491 e. The van der Waals surface area contributed by atoms with Gasteiger partial charge in [-0.1, -0.05) is 149 Å². The number of rotatable bonds is 21. The van der Waals surface area contributed by atoms with Gasteiger partial charge in [-0.15, -0.1) is 0 Å². The molecule has 0 aliphatic carbocycles. The summed E-state index contributed by atoms with van der Waals surface area (Å²) in [5.74, 6) is -0.00247. The van der Waals surface area contributed by atoms with E-state index in [0.717, 1.165) is 30.5 Å². The summed E-state index contributed by atoms with van der Waals surface area (Å²) in [4.78, 5) is 26.7. The molecule has 6 heteroatoms. The van der Waals surface area contributed by atoms with Gasteiger partial charge in [0.25, 0.3) is 0 Å². The van der Waals surface area contributed by atoms with Crippen LogP contribution < -0.4 is 15.0 Å². The summed E-state index contributed by atoms with van der Waals surface area (Å²) in [6, 6.07) is 15.3. The van der Waals surface area contributed by atoms with Crippen LogP contribution in [0.4, 0.5) is 11.4 Å². The number of carbonyl (C=O) groups is 2. The predicted octanol–water partition coefficient (Wildman–Crippen LogP) is 9.62. The van der Waals surface area contributed by atoms with Crippen molar-refractivity contribution >= 4 is 39.1 Å². The molecule has 0 radical (unpaired) electrons. The first-order chi connectivity index (χ1) is 20.1. The molecule has 0 fully saturated rings. The molecule has 1 aliphatic rings. The maximum absolute atomic E-state index is 13.1. The van der Waals surface area contributed by atoms with Crippen LogP contribution in [0.25, 0.3) is 0 Å². The molecule has 0 aromatic heterocycles. The minimum atomic E-state index is -0.970. The third-order valence-corrected chi connectivity index (χ3v) is 8.81. The summed E-state index contributed by atoms with van der Waals surface area (Å²) in [6.07, 6.45) is 22.2. The maximum atomic E-state index is 13.1.